The maximum Gasteiger partial charge on any atom is 0.244 e. The maximum absolute atomic E-state index is 12.2. The molecule has 0 saturated carbocycles. The van der Waals surface area contributed by atoms with Crippen molar-refractivity contribution in [3.8, 4) is 5.75 Å². The largest absolute Gasteiger partial charge is 0.492 e. The normalized spacial score (nSPS) is 18.4. The molecule has 2 N–H and O–H groups in total. The lowest BCUT2D eigenvalue weighted by molar-refractivity contribution is 0.263. The van der Waals surface area contributed by atoms with Crippen LogP contribution in [0.25, 0.3) is 0 Å². The summed E-state index contributed by atoms with van der Waals surface area (Å²) in [6, 6.07) is 4.93. The van der Waals surface area contributed by atoms with E-state index < -0.39 is 10.0 Å². The van der Waals surface area contributed by atoms with Gasteiger partial charge in [-0.05, 0) is 6.07 Å². The second-order valence-electron chi connectivity index (χ2n) is 4.40. The molecule has 0 fully saturated rings. The second-order valence-corrected chi connectivity index (χ2v) is 6.52. The molecular formula is C12H12ClN3O3S. The maximum atomic E-state index is 12.2. The summed E-state index contributed by atoms with van der Waals surface area (Å²) in [4.78, 5) is 0.104. The van der Waals surface area contributed by atoms with Gasteiger partial charge in [0.05, 0.1) is 23.9 Å². The van der Waals surface area contributed by atoms with Crippen molar-refractivity contribution in [1.29, 1.82) is 0 Å². The molecule has 1 atom stereocenters. The number of benzene rings is 1. The van der Waals surface area contributed by atoms with E-state index in [9.17, 15) is 8.42 Å². The molecule has 0 amide bonds. The van der Waals surface area contributed by atoms with E-state index in [-0.39, 0.29) is 10.9 Å². The predicted molar refractivity (Wildman–Crippen MR) is 73.2 cm³/mol. The minimum atomic E-state index is -3.61. The number of halogens is 1. The lowest BCUT2D eigenvalue weighted by atomic mass is 10.0. The summed E-state index contributed by atoms with van der Waals surface area (Å²) < 4.78 is 32.6. The van der Waals surface area contributed by atoms with Crippen LogP contribution < -0.4 is 9.46 Å². The summed E-state index contributed by atoms with van der Waals surface area (Å²) in [6.07, 6.45) is 3.14. The van der Waals surface area contributed by atoms with E-state index in [1.165, 1.54) is 12.4 Å². The molecule has 2 heterocycles. The zero-order chi connectivity index (χ0) is 14.2. The molecule has 106 valence electrons. The van der Waals surface area contributed by atoms with Gasteiger partial charge in [0.15, 0.2) is 0 Å². The molecule has 1 aromatic heterocycles. The van der Waals surface area contributed by atoms with Crippen molar-refractivity contribution >= 4 is 21.6 Å². The Labute approximate surface area is 121 Å². The number of para-hydroxylation sites is 1. The highest BCUT2D eigenvalue weighted by atomic mass is 35.5. The Morgan fingerprint density at radius 2 is 2.30 bits per heavy atom. The predicted octanol–water partition coefficient (Wildman–Crippen LogP) is 1.87. The van der Waals surface area contributed by atoms with Crippen LogP contribution in [-0.2, 0) is 10.0 Å². The van der Waals surface area contributed by atoms with Crippen LogP contribution in [0.1, 0.15) is 18.0 Å². The summed E-state index contributed by atoms with van der Waals surface area (Å²) in [7, 11) is -3.61. The average molecular weight is 314 g/mol. The molecule has 2 aromatic rings. The number of hydrogen-bond donors (Lipinski definition) is 2. The van der Waals surface area contributed by atoms with Crippen molar-refractivity contribution < 1.29 is 13.2 Å². The Bertz CT molecular complexity index is 716. The minimum Gasteiger partial charge on any atom is -0.492 e. The number of ether oxygens (including phenoxy) is 1. The van der Waals surface area contributed by atoms with E-state index in [0.717, 1.165) is 5.56 Å². The third-order valence-electron chi connectivity index (χ3n) is 3.11. The number of hydrogen-bond acceptors (Lipinski definition) is 4. The summed E-state index contributed by atoms with van der Waals surface area (Å²) in [5.41, 5.74) is 0.746. The summed E-state index contributed by atoms with van der Waals surface area (Å²) in [6.45, 7) is 0.412. The first-order valence-electron chi connectivity index (χ1n) is 6.00. The Morgan fingerprint density at radius 3 is 3.05 bits per heavy atom. The highest BCUT2D eigenvalue weighted by Gasteiger charge is 2.28. The Kier molecular flexibility index (Phi) is 3.41. The first kappa shape index (κ1) is 13.4. The molecule has 1 aliphatic rings. The van der Waals surface area contributed by atoms with Crippen LogP contribution in [0.5, 0.6) is 5.75 Å². The topological polar surface area (TPSA) is 84.1 Å². The molecule has 0 radical (unpaired) electrons. The number of nitrogens with zero attached hydrogens (tertiary/aromatic N) is 1. The number of sulfonamides is 1. The van der Waals surface area contributed by atoms with Crippen molar-refractivity contribution in [3.05, 3.63) is 41.2 Å². The molecule has 8 heteroatoms. The quantitative estimate of drug-likeness (QED) is 0.906. The lowest BCUT2D eigenvalue weighted by Crippen LogP contribution is -2.32. The van der Waals surface area contributed by atoms with Gasteiger partial charge in [-0.25, -0.2) is 13.1 Å². The van der Waals surface area contributed by atoms with Crippen LogP contribution in [0.3, 0.4) is 0 Å². The summed E-state index contributed by atoms with van der Waals surface area (Å²) in [5.74, 6) is 0.542. The van der Waals surface area contributed by atoms with Gasteiger partial charge in [-0.1, -0.05) is 23.7 Å². The van der Waals surface area contributed by atoms with Gasteiger partial charge in [0.1, 0.15) is 10.6 Å². The van der Waals surface area contributed by atoms with Crippen molar-refractivity contribution in [1.82, 2.24) is 14.9 Å². The van der Waals surface area contributed by atoms with Crippen LogP contribution in [-0.4, -0.2) is 25.2 Å². The second kappa shape index (κ2) is 5.08. The average Bonchev–Trinajstić information content (AvgIpc) is 2.94. The molecule has 0 saturated heterocycles. The molecule has 0 spiro atoms. The smallest absolute Gasteiger partial charge is 0.244 e. The van der Waals surface area contributed by atoms with E-state index >= 15 is 0 Å². The lowest BCUT2D eigenvalue weighted by Gasteiger charge is -2.26. The van der Waals surface area contributed by atoms with Crippen LogP contribution in [0.2, 0.25) is 5.02 Å². The van der Waals surface area contributed by atoms with Crippen molar-refractivity contribution in [2.24, 2.45) is 0 Å². The SMILES string of the molecule is O=S(=O)(NC1CCOc2c(Cl)cccc21)c1cn[nH]c1. The molecular weight excluding hydrogens is 302 g/mol. The molecule has 20 heavy (non-hydrogen) atoms. The van der Waals surface area contributed by atoms with Crippen LogP contribution in [0.15, 0.2) is 35.5 Å². The van der Waals surface area contributed by atoms with Gasteiger partial charge in [-0.15, -0.1) is 0 Å². The van der Waals surface area contributed by atoms with Crippen molar-refractivity contribution in [2.45, 2.75) is 17.4 Å². The van der Waals surface area contributed by atoms with Gasteiger partial charge in [0.2, 0.25) is 10.0 Å². The molecule has 1 aliphatic heterocycles. The number of aromatic amines is 1. The van der Waals surface area contributed by atoms with Gasteiger partial charge < -0.3 is 4.74 Å². The number of nitrogens with one attached hydrogen (secondary N) is 2. The molecule has 1 aromatic carbocycles. The van der Waals surface area contributed by atoms with Crippen molar-refractivity contribution in [3.63, 3.8) is 0 Å². The summed E-state index contributed by atoms with van der Waals surface area (Å²) in [5, 5.41) is 6.62. The molecule has 1 unspecified atom stereocenters. The van der Waals surface area contributed by atoms with E-state index in [2.05, 4.69) is 14.9 Å². The van der Waals surface area contributed by atoms with Crippen LogP contribution in [0.4, 0.5) is 0 Å². The summed E-state index contributed by atoms with van der Waals surface area (Å²) >= 11 is 6.06. The Hall–Kier alpha value is -1.57. The van der Waals surface area contributed by atoms with Gasteiger partial charge in [0.25, 0.3) is 0 Å². The monoisotopic (exact) mass is 313 g/mol. The van der Waals surface area contributed by atoms with Gasteiger partial charge in [-0.3, -0.25) is 5.10 Å². The van der Waals surface area contributed by atoms with E-state index in [1.807, 2.05) is 6.07 Å². The highest BCUT2D eigenvalue weighted by Crippen LogP contribution is 2.37. The molecule has 0 aliphatic carbocycles. The molecule has 0 bridgehead atoms. The van der Waals surface area contributed by atoms with E-state index in [4.69, 9.17) is 16.3 Å². The number of rotatable bonds is 3. The van der Waals surface area contributed by atoms with Gasteiger partial charge in [0, 0.05) is 18.2 Å². The first-order chi connectivity index (χ1) is 9.58. The fourth-order valence-corrected chi connectivity index (χ4v) is 3.54. The highest BCUT2D eigenvalue weighted by molar-refractivity contribution is 7.89. The Balaban J connectivity index is 1.93. The van der Waals surface area contributed by atoms with Crippen LogP contribution >= 0.6 is 11.6 Å². The third kappa shape index (κ3) is 2.39. The number of fused-ring (bicyclic) bond motifs is 1. The number of aromatic nitrogens is 2. The molecule has 6 nitrogen and oxygen atoms in total. The number of H-pyrrole nitrogens is 1. The van der Waals surface area contributed by atoms with Crippen molar-refractivity contribution in [2.75, 3.05) is 6.61 Å². The van der Waals surface area contributed by atoms with E-state index in [1.54, 1.807) is 12.1 Å². The van der Waals surface area contributed by atoms with Gasteiger partial charge in [-0.2, -0.15) is 5.10 Å². The molecule has 3 rings (SSSR count). The van der Waals surface area contributed by atoms with E-state index in [0.29, 0.717) is 23.8 Å². The minimum absolute atomic E-state index is 0.104. The third-order valence-corrected chi connectivity index (χ3v) is 4.84. The fourth-order valence-electron chi connectivity index (χ4n) is 2.15. The van der Waals surface area contributed by atoms with Crippen LogP contribution in [0, 0.1) is 0 Å². The Morgan fingerprint density at radius 1 is 1.45 bits per heavy atom. The van der Waals surface area contributed by atoms with Gasteiger partial charge >= 0.3 is 0 Å². The standard InChI is InChI=1S/C12H12ClN3O3S/c13-10-3-1-2-9-11(4-5-19-12(9)10)16-20(17,18)8-6-14-15-7-8/h1-3,6-7,11,16H,4-5H2,(H,14,15). The zero-order valence-corrected chi connectivity index (χ0v) is 11.9. The zero-order valence-electron chi connectivity index (χ0n) is 10.3. The first-order valence-corrected chi connectivity index (χ1v) is 7.86. The fraction of sp³-hybridized carbons (Fsp3) is 0.250.